The number of aryl methyl sites for hydroxylation is 2. The average Bonchev–Trinajstić information content (AvgIpc) is 2.76. The van der Waals surface area contributed by atoms with Gasteiger partial charge in [-0.05, 0) is 57.4 Å². The van der Waals surface area contributed by atoms with Crippen molar-refractivity contribution >= 4 is 39.1 Å². The highest BCUT2D eigenvalue weighted by Gasteiger charge is 2.31. The van der Waals surface area contributed by atoms with E-state index in [1.807, 2.05) is 45.0 Å². The number of nitrogens with one attached hydrogen (secondary N) is 1. The van der Waals surface area contributed by atoms with E-state index in [2.05, 4.69) is 5.32 Å². The number of hydrogen-bond donors (Lipinski definition) is 1. The van der Waals surface area contributed by atoms with Gasteiger partial charge in [0, 0.05) is 17.6 Å². The molecule has 186 valence electrons. The zero-order chi connectivity index (χ0) is 25.6. The molecule has 0 saturated heterocycles. The Kier molecular flexibility index (Phi) is 9.53. The van der Waals surface area contributed by atoms with E-state index in [1.165, 1.54) is 11.0 Å². The molecule has 2 rings (SSSR count). The molecule has 0 unspecified atom stereocenters. The molecule has 0 saturated carbocycles. The Labute approximate surface area is 208 Å². The molecule has 0 aromatic heterocycles. The molecule has 2 aromatic rings. The molecular formula is C25H34ClN3O4S. The van der Waals surface area contributed by atoms with Gasteiger partial charge in [-0.3, -0.25) is 13.9 Å². The standard InChI is InChI=1S/C25H34ClN3O4S/c1-7-19(4)27-25(31)20(5)28(15-21-10-8-9-17(2)13-21)24(30)16-29(34(6,32)33)23-14-22(26)12-11-18(23)3/h8-14,19-20H,7,15-16H2,1-6H3,(H,27,31)/t19-,20+/m0/s1. The molecule has 34 heavy (non-hydrogen) atoms. The van der Waals surface area contributed by atoms with Crippen LogP contribution in [0.2, 0.25) is 5.02 Å². The molecule has 2 atom stereocenters. The molecule has 7 nitrogen and oxygen atoms in total. The largest absolute Gasteiger partial charge is 0.352 e. The normalized spacial score (nSPS) is 13.1. The van der Waals surface area contributed by atoms with Crippen molar-refractivity contribution < 1.29 is 18.0 Å². The molecular weight excluding hydrogens is 474 g/mol. The fourth-order valence-corrected chi connectivity index (χ4v) is 4.57. The molecule has 0 spiro atoms. The number of carbonyl (C=O) groups excluding carboxylic acids is 2. The molecule has 2 amide bonds. The summed E-state index contributed by atoms with van der Waals surface area (Å²) < 4.78 is 26.4. The van der Waals surface area contributed by atoms with Crippen LogP contribution in [0.4, 0.5) is 5.69 Å². The van der Waals surface area contributed by atoms with E-state index in [9.17, 15) is 18.0 Å². The van der Waals surface area contributed by atoms with Gasteiger partial charge in [0.15, 0.2) is 0 Å². The Hall–Kier alpha value is -2.58. The highest BCUT2D eigenvalue weighted by Crippen LogP contribution is 2.26. The fraction of sp³-hybridized carbons (Fsp3) is 0.440. The summed E-state index contributed by atoms with van der Waals surface area (Å²) in [6, 6.07) is 11.7. The zero-order valence-electron chi connectivity index (χ0n) is 20.6. The smallest absolute Gasteiger partial charge is 0.244 e. The van der Waals surface area contributed by atoms with Crippen molar-refractivity contribution in [2.24, 2.45) is 0 Å². The second-order valence-electron chi connectivity index (χ2n) is 8.70. The van der Waals surface area contributed by atoms with Gasteiger partial charge in [-0.25, -0.2) is 8.42 Å². The Morgan fingerprint density at radius 3 is 2.35 bits per heavy atom. The summed E-state index contributed by atoms with van der Waals surface area (Å²) >= 11 is 6.12. The minimum Gasteiger partial charge on any atom is -0.352 e. The summed E-state index contributed by atoms with van der Waals surface area (Å²) in [5.41, 5.74) is 2.86. The number of benzene rings is 2. The molecule has 0 radical (unpaired) electrons. The van der Waals surface area contributed by atoms with Crippen molar-refractivity contribution in [1.82, 2.24) is 10.2 Å². The summed E-state index contributed by atoms with van der Waals surface area (Å²) in [4.78, 5) is 27.9. The maximum atomic E-state index is 13.6. The maximum absolute atomic E-state index is 13.6. The molecule has 0 fully saturated rings. The van der Waals surface area contributed by atoms with Gasteiger partial charge in [0.25, 0.3) is 0 Å². The number of amides is 2. The van der Waals surface area contributed by atoms with Crippen LogP contribution in [0, 0.1) is 13.8 Å². The quantitative estimate of drug-likeness (QED) is 0.525. The van der Waals surface area contributed by atoms with Crippen molar-refractivity contribution in [3.63, 3.8) is 0 Å². The van der Waals surface area contributed by atoms with E-state index in [1.54, 1.807) is 26.0 Å². The van der Waals surface area contributed by atoms with Crippen LogP contribution in [0.1, 0.15) is 43.9 Å². The first-order valence-electron chi connectivity index (χ1n) is 11.2. The number of rotatable bonds is 10. The monoisotopic (exact) mass is 507 g/mol. The van der Waals surface area contributed by atoms with Crippen LogP contribution in [0.25, 0.3) is 0 Å². The second-order valence-corrected chi connectivity index (χ2v) is 11.0. The molecule has 0 aliphatic rings. The first kappa shape index (κ1) is 27.7. The summed E-state index contributed by atoms with van der Waals surface area (Å²) in [6.45, 7) is 8.92. The summed E-state index contributed by atoms with van der Waals surface area (Å²) in [5.74, 6) is -0.779. The highest BCUT2D eigenvalue weighted by molar-refractivity contribution is 7.92. The first-order valence-corrected chi connectivity index (χ1v) is 13.4. The maximum Gasteiger partial charge on any atom is 0.244 e. The van der Waals surface area contributed by atoms with Gasteiger partial charge in [-0.2, -0.15) is 0 Å². The Morgan fingerprint density at radius 2 is 1.76 bits per heavy atom. The predicted molar refractivity (Wildman–Crippen MR) is 137 cm³/mol. The SMILES string of the molecule is CC[C@H](C)NC(=O)[C@@H](C)N(Cc1cccc(C)c1)C(=O)CN(c1cc(Cl)ccc1C)S(C)(=O)=O. The number of anilines is 1. The van der Waals surface area contributed by atoms with Gasteiger partial charge in [0.05, 0.1) is 11.9 Å². The molecule has 1 N–H and O–H groups in total. The Bertz CT molecular complexity index is 1140. The molecule has 0 aliphatic carbocycles. The van der Waals surface area contributed by atoms with Crippen molar-refractivity contribution in [2.75, 3.05) is 17.1 Å². The lowest BCUT2D eigenvalue weighted by atomic mass is 10.1. The van der Waals surface area contributed by atoms with Gasteiger partial charge in [-0.15, -0.1) is 0 Å². The summed E-state index contributed by atoms with van der Waals surface area (Å²) in [6.07, 6.45) is 1.80. The van der Waals surface area contributed by atoms with Gasteiger partial charge in [0.1, 0.15) is 12.6 Å². The summed E-state index contributed by atoms with van der Waals surface area (Å²) in [5, 5.41) is 3.27. The second kappa shape index (κ2) is 11.7. The fourth-order valence-electron chi connectivity index (χ4n) is 3.50. The van der Waals surface area contributed by atoms with Crippen molar-refractivity contribution in [2.45, 2.75) is 59.7 Å². The van der Waals surface area contributed by atoms with E-state index in [4.69, 9.17) is 11.6 Å². The lowest BCUT2D eigenvalue weighted by molar-refractivity contribution is -0.139. The third-order valence-electron chi connectivity index (χ3n) is 5.72. The van der Waals surface area contributed by atoms with Crippen LogP contribution >= 0.6 is 11.6 Å². The number of halogens is 1. The Morgan fingerprint density at radius 1 is 1.09 bits per heavy atom. The average molecular weight is 508 g/mol. The number of nitrogens with zero attached hydrogens (tertiary/aromatic N) is 2. The van der Waals surface area contributed by atoms with Crippen molar-refractivity contribution in [3.8, 4) is 0 Å². The Balaban J connectivity index is 2.43. The summed E-state index contributed by atoms with van der Waals surface area (Å²) in [7, 11) is -3.81. The van der Waals surface area contributed by atoms with Gasteiger partial charge in [0.2, 0.25) is 21.8 Å². The lowest BCUT2D eigenvalue weighted by Gasteiger charge is -2.32. The van der Waals surface area contributed by atoms with Crippen LogP contribution in [0.5, 0.6) is 0 Å². The van der Waals surface area contributed by atoms with Gasteiger partial charge >= 0.3 is 0 Å². The number of carbonyl (C=O) groups is 2. The van der Waals surface area contributed by atoms with E-state index in [0.29, 0.717) is 16.3 Å². The van der Waals surface area contributed by atoms with Crippen LogP contribution in [0.3, 0.4) is 0 Å². The van der Waals surface area contributed by atoms with Crippen LogP contribution in [-0.4, -0.2) is 50.0 Å². The van der Waals surface area contributed by atoms with Crippen LogP contribution in [-0.2, 0) is 26.2 Å². The molecule has 0 bridgehead atoms. The topological polar surface area (TPSA) is 86.8 Å². The molecule has 9 heteroatoms. The van der Waals surface area contributed by atoms with Gasteiger partial charge < -0.3 is 10.2 Å². The van der Waals surface area contributed by atoms with E-state index in [0.717, 1.165) is 28.1 Å². The highest BCUT2D eigenvalue weighted by atomic mass is 35.5. The lowest BCUT2D eigenvalue weighted by Crippen LogP contribution is -2.52. The third kappa shape index (κ3) is 7.46. The minimum absolute atomic E-state index is 0.0486. The molecule has 2 aromatic carbocycles. The van der Waals surface area contributed by atoms with Gasteiger partial charge in [-0.1, -0.05) is 54.4 Å². The number of hydrogen-bond acceptors (Lipinski definition) is 4. The zero-order valence-corrected chi connectivity index (χ0v) is 22.2. The van der Waals surface area contributed by atoms with Crippen molar-refractivity contribution in [3.05, 3.63) is 64.2 Å². The molecule has 0 aliphatic heterocycles. The van der Waals surface area contributed by atoms with Crippen LogP contribution < -0.4 is 9.62 Å². The van der Waals surface area contributed by atoms with Crippen LogP contribution in [0.15, 0.2) is 42.5 Å². The first-order chi connectivity index (χ1) is 15.8. The van der Waals surface area contributed by atoms with Crippen molar-refractivity contribution in [1.29, 1.82) is 0 Å². The van der Waals surface area contributed by atoms with E-state index >= 15 is 0 Å². The van der Waals surface area contributed by atoms with E-state index in [-0.39, 0.29) is 18.5 Å². The molecule has 0 heterocycles. The third-order valence-corrected chi connectivity index (χ3v) is 7.08. The minimum atomic E-state index is -3.81. The number of sulfonamides is 1. The predicted octanol–water partition coefficient (Wildman–Crippen LogP) is 4.05. The van der Waals surface area contributed by atoms with E-state index < -0.39 is 28.5 Å².